The maximum atomic E-state index is 12.8. The molecule has 9 heteroatoms. The number of alkyl halides is 2. The molecule has 3 rings (SSSR count). The summed E-state index contributed by atoms with van der Waals surface area (Å²) in [5.41, 5.74) is 1.19. The second-order valence-electron chi connectivity index (χ2n) is 5.39. The standard InChI is InChI=1S/C16H19F2N5O.HI/c1-19-16(22-10-14-20-6-7-23(14)15(17)18)21-9-12-8-11-4-2-3-5-13(11)24-12;/h2-7,12,15H,8-10H2,1H3,(H2,19,21,22);1H. The van der Waals surface area contributed by atoms with Crippen molar-refractivity contribution in [2.24, 2.45) is 4.99 Å². The van der Waals surface area contributed by atoms with Crippen molar-refractivity contribution >= 4 is 29.9 Å². The molecule has 0 aliphatic carbocycles. The SMILES string of the molecule is CN=C(NCc1nccn1C(F)F)NCC1Cc2ccccc2O1.I. The number of aliphatic imine (C=N–C) groups is 1. The van der Waals surface area contributed by atoms with Crippen LogP contribution < -0.4 is 15.4 Å². The highest BCUT2D eigenvalue weighted by molar-refractivity contribution is 14.0. The summed E-state index contributed by atoms with van der Waals surface area (Å²) in [6.07, 6.45) is 3.45. The quantitative estimate of drug-likeness (QED) is 0.407. The number of ether oxygens (including phenoxy) is 1. The minimum absolute atomic E-state index is 0. The Hall–Kier alpha value is -1.91. The normalized spacial score (nSPS) is 16.2. The maximum absolute atomic E-state index is 12.8. The summed E-state index contributed by atoms with van der Waals surface area (Å²) in [4.78, 5) is 8.01. The molecule has 2 heterocycles. The fraction of sp³-hybridized carbons (Fsp3) is 0.375. The molecule has 2 N–H and O–H groups in total. The molecule has 0 radical (unpaired) electrons. The van der Waals surface area contributed by atoms with Gasteiger partial charge in [-0.3, -0.25) is 9.56 Å². The van der Waals surface area contributed by atoms with Crippen molar-refractivity contribution < 1.29 is 13.5 Å². The number of guanidine groups is 1. The molecule has 136 valence electrons. The first-order valence-corrected chi connectivity index (χ1v) is 7.66. The summed E-state index contributed by atoms with van der Waals surface area (Å²) >= 11 is 0. The minimum Gasteiger partial charge on any atom is -0.488 e. The number of nitrogens with one attached hydrogen (secondary N) is 2. The lowest BCUT2D eigenvalue weighted by atomic mass is 10.1. The fourth-order valence-corrected chi connectivity index (χ4v) is 2.62. The molecule has 0 fully saturated rings. The van der Waals surface area contributed by atoms with Crippen LogP contribution in [-0.4, -0.2) is 35.2 Å². The minimum atomic E-state index is -2.61. The molecule has 0 spiro atoms. The van der Waals surface area contributed by atoms with E-state index in [4.69, 9.17) is 4.74 Å². The smallest absolute Gasteiger partial charge is 0.319 e. The second kappa shape index (κ2) is 8.97. The van der Waals surface area contributed by atoms with Gasteiger partial charge in [0.1, 0.15) is 17.7 Å². The summed E-state index contributed by atoms with van der Waals surface area (Å²) in [7, 11) is 1.62. The number of para-hydroxylation sites is 1. The molecule has 0 amide bonds. The van der Waals surface area contributed by atoms with Gasteiger partial charge in [0, 0.05) is 25.9 Å². The number of halogens is 3. The molecule has 1 aliphatic heterocycles. The Labute approximate surface area is 161 Å². The van der Waals surface area contributed by atoms with Crippen molar-refractivity contribution in [3.63, 3.8) is 0 Å². The van der Waals surface area contributed by atoms with Crippen molar-refractivity contribution in [1.29, 1.82) is 0 Å². The van der Waals surface area contributed by atoms with E-state index in [0.717, 1.165) is 16.7 Å². The molecule has 1 unspecified atom stereocenters. The predicted octanol–water partition coefficient (Wildman–Crippen LogP) is 2.56. The van der Waals surface area contributed by atoms with Crippen molar-refractivity contribution in [3.8, 4) is 5.75 Å². The van der Waals surface area contributed by atoms with E-state index >= 15 is 0 Å². The molecular formula is C16H20F2IN5O. The molecule has 1 atom stereocenters. The first kappa shape index (κ1) is 19.4. The Kier molecular flexibility index (Phi) is 6.97. The number of hydrogen-bond acceptors (Lipinski definition) is 3. The van der Waals surface area contributed by atoms with Gasteiger partial charge in [-0.25, -0.2) is 4.98 Å². The van der Waals surface area contributed by atoms with E-state index in [0.29, 0.717) is 12.5 Å². The van der Waals surface area contributed by atoms with Gasteiger partial charge in [-0.2, -0.15) is 8.78 Å². The largest absolute Gasteiger partial charge is 0.488 e. The lowest BCUT2D eigenvalue weighted by Gasteiger charge is -2.15. The number of imidazole rings is 1. The highest BCUT2D eigenvalue weighted by Gasteiger charge is 2.22. The zero-order valence-electron chi connectivity index (χ0n) is 13.7. The van der Waals surface area contributed by atoms with Crippen molar-refractivity contribution in [2.75, 3.05) is 13.6 Å². The van der Waals surface area contributed by atoms with Crippen LogP contribution in [-0.2, 0) is 13.0 Å². The van der Waals surface area contributed by atoms with Crippen molar-refractivity contribution in [1.82, 2.24) is 20.2 Å². The maximum Gasteiger partial charge on any atom is 0.319 e. The number of fused-ring (bicyclic) bond motifs is 1. The van der Waals surface area contributed by atoms with E-state index in [1.54, 1.807) is 7.05 Å². The van der Waals surface area contributed by atoms with Crippen LogP contribution in [0.4, 0.5) is 8.78 Å². The third kappa shape index (κ3) is 4.80. The molecule has 0 saturated heterocycles. The van der Waals surface area contributed by atoms with Gasteiger partial charge >= 0.3 is 6.55 Å². The zero-order valence-corrected chi connectivity index (χ0v) is 16.0. The van der Waals surface area contributed by atoms with Gasteiger partial charge in [-0.15, -0.1) is 24.0 Å². The van der Waals surface area contributed by atoms with E-state index in [2.05, 4.69) is 20.6 Å². The molecule has 1 aliphatic rings. The van der Waals surface area contributed by atoms with Gasteiger partial charge in [-0.05, 0) is 11.6 Å². The van der Waals surface area contributed by atoms with Gasteiger partial charge < -0.3 is 15.4 Å². The summed E-state index contributed by atoms with van der Waals surface area (Å²) in [5, 5.41) is 6.13. The lowest BCUT2D eigenvalue weighted by Crippen LogP contribution is -2.42. The highest BCUT2D eigenvalue weighted by atomic mass is 127. The van der Waals surface area contributed by atoms with Crippen molar-refractivity contribution in [3.05, 3.63) is 48.0 Å². The Bertz CT molecular complexity index is 697. The molecule has 6 nitrogen and oxygen atoms in total. The molecule has 25 heavy (non-hydrogen) atoms. The molecule has 1 aromatic heterocycles. The average molecular weight is 463 g/mol. The number of nitrogens with zero attached hydrogens (tertiary/aromatic N) is 3. The fourth-order valence-electron chi connectivity index (χ4n) is 2.62. The van der Waals surface area contributed by atoms with Crippen LogP contribution in [0.15, 0.2) is 41.7 Å². The summed E-state index contributed by atoms with van der Waals surface area (Å²) in [5.74, 6) is 1.67. The Balaban J connectivity index is 0.00000225. The van der Waals surface area contributed by atoms with Crippen LogP contribution in [0.3, 0.4) is 0 Å². The third-order valence-electron chi connectivity index (χ3n) is 3.81. The van der Waals surface area contributed by atoms with Crippen molar-refractivity contribution in [2.45, 2.75) is 25.6 Å². The Morgan fingerprint density at radius 2 is 2.20 bits per heavy atom. The predicted molar refractivity (Wildman–Crippen MR) is 102 cm³/mol. The van der Waals surface area contributed by atoms with Gasteiger partial charge in [0.05, 0.1) is 13.1 Å². The van der Waals surface area contributed by atoms with E-state index < -0.39 is 6.55 Å². The monoisotopic (exact) mass is 463 g/mol. The van der Waals surface area contributed by atoms with Crippen LogP contribution in [0.2, 0.25) is 0 Å². The molecular weight excluding hydrogens is 443 g/mol. The van der Waals surface area contributed by atoms with E-state index in [1.165, 1.54) is 18.0 Å². The molecule has 2 aromatic rings. The number of aromatic nitrogens is 2. The van der Waals surface area contributed by atoms with Crippen LogP contribution in [0.1, 0.15) is 17.9 Å². The van der Waals surface area contributed by atoms with Crippen LogP contribution in [0.25, 0.3) is 0 Å². The third-order valence-corrected chi connectivity index (χ3v) is 3.81. The van der Waals surface area contributed by atoms with E-state index in [-0.39, 0.29) is 42.4 Å². The summed E-state index contributed by atoms with van der Waals surface area (Å²) in [6.45, 7) is -1.88. The molecule has 0 bridgehead atoms. The lowest BCUT2D eigenvalue weighted by molar-refractivity contribution is 0.0668. The number of hydrogen-bond donors (Lipinski definition) is 2. The van der Waals surface area contributed by atoms with Crippen LogP contribution in [0, 0.1) is 0 Å². The van der Waals surface area contributed by atoms with Crippen LogP contribution >= 0.6 is 24.0 Å². The van der Waals surface area contributed by atoms with Gasteiger partial charge in [-0.1, -0.05) is 18.2 Å². The summed E-state index contributed by atoms with van der Waals surface area (Å²) < 4.78 is 32.2. The first-order valence-electron chi connectivity index (χ1n) is 7.66. The topological polar surface area (TPSA) is 63.5 Å². The number of rotatable bonds is 5. The summed E-state index contributed by atoms with van der Waals surface area (Å²) in [6, 6.07) is 7.93. The zero-order chi connectivity index (χ0) is 16.9. The second-order valence-corrected chi connectivity index (χ2v) is 5.39. The highest BCUT2D eigenvalue weighted by Crippen LogP contribution is 2.27. The van der Waals surface area contributed by atoms with Gasteiger partial charge in [0.25, 0.3) is 0 Å². The molecule has 0 saturated carbocycles. The Morgan fingerprint density at radius 3 is 2.92 bits per heavy atom. The van der Waals surface area contributed by atoms with E-state index in [9.17, 15) is 8.78 Å². The average Bonchev–Trinajstić information content (AvgIpc) is 3.21. The van der Waals surface area contributed by atoms with Gasteiger partial charge in [0.2, 0.25) is 0 Å². The Morgan fingerprint density at radius 1 is 1.40 bits per heavy atom. The van der Waals surface area contributed by atoms with E-state index in [1.807, 2.05) is 24.3 Å². The van der Waals surface area contributed by atoms with Crippen LogP contribution in [0.5, 0.6) is 5.75 Å². The number of benzene rings is 1. The first-order chi connectivity index (χ1) is 11.7. The van der Waals surface area contributed by atoms with Gasteiger partial charge in [0.15, 0.2) is 5.96 Å². The molecule has 1 aromatic carbocycles.